The van der Waals surface area contributed by atoms with Gasteiger partial charge in [-0.2, -0.15) is 0 Å². The van der Waals surface area contributed by atoms with Gasteiger partial charge in [0.25, 0.3) is 0 Å². The number of ketones is 1. The van der Waals surface area contributed by atoms with E-state index >= 15 is 0 Å². The van der Waals surface area contributed by atoms with Gasteiger partial charge >= 0.3 is 0 Å². The summed E-state index contributed by atoms with van der Waals surface area (Å²) in [4.78, 5) is 11.7. The van der Waals surface area contributed by atoms with E-state index in [-0.39, 0.29) is 5.78 Å². The van der Waals surface area contributed by atoms with E-state index in [1.165, 1.54) is 0 Å². The smallest absolute Gasteiger partial charge is 0.184 e. The van der Waals surface area contributed by atoms with Crippen LogP contribution in [-0.4, -0.2) is 12.9 Å². The number of ether oxygens (including phenoxy) is 1. The van der Waals surface area contributed by atoms with Crippen molar-refractivity contribution in [3.63, 3.8) is 0 Å². The molecule has 0 heterocycles. The first-order valence-corrected chi connectivity index (χ1v) is 5.28. The Morgan fingerprint density at radius 3 is 2.69 bits per heavy atom. The summed E-state index contributed by atoms with van der Waals surface area (Å²) in [6.07, 6.45) is 3.47. The summed E-state index contributed by atoms with van der Waals surface area (Å²) in [7, 11) is 1.63. The standard InChI is InChI=1S/C14H14O2/c1-10-7-8-12(14(10)15)9-11-5-3-4-6-13(11)16-2/h3-6,9H,1,7-8H2,2H3/b12-9+. The SMILES string of the molecule is C=C1CC/C(=C\c2ccccc2OC)C1=O. The minimum absolute atomic E-state index is 0.0888. The number of benzene rings is 1. The molecule has 1 aliphatic carbocycles. The van der Waals surface area contributed by atoms with E-state index in [2.05, 4.69) is 6.58 Å². The van der Waals surface area contributed by atoms with Crippen LogP contribution in [0.5, 0.6) is 5.75 Å². The zero-order chi connectivity index (χ0) is 11.5. The second-order valence-corrected chi connectivity index (χ2v) is 3.84. The van der Waals surface area contributed by atoms with Crippen LogP contribution in [-0.2, 0) is 4.79 Å². The number of Topliss-reactive ketones (excluding diaryl/α,β-unsaturated/α-hetero) is 1. The highest BCUT2D eigenvalue weighted by molar-refractivity contribution is 6.13. The molecule has 0 bridgehead atoms. The third-order valence-corrected chi connectivity index (χ3v) is 2.78. The van der Waals surface area contributed by atoms with Crippen molar-refractivity contribution in [2.24, 2.45) is 0 Å². The Labute approximate surface area is 95.2 Å². The molecule has 2 nitrogen and oxygen atoms in total. The number of carbonyl (C=O) groups is 1. The van der Waals surface area contributed by atoms with E-state index < -0.39 is 0 Å². The molecule has 1 aliphatic rings. The van der Waals surface area contributed by atoms with Gasteiger partial charge < -0.3 is 4.74 Å². The molecule has 2 heteroatoms. The fourth-order valence-corrected chi connectivity index (χ4v) is 1.85. The Balaban J connectivity index is 2.36. The predicted octanol–water partition coefficient (Wildman–Crippen LogP) is 3.00. The van der Waals surface area contributed by atoms with Crippen molar-refractivity contribution in [2.75, 3.05) is 7.11 Å². The van der Waals surface area contributed by atoms with Crippen molar-refractivity contribution in [2.45, 2.75) is 12.8 Å². The Morgan fingerprint density at radius 1 is 1.31 bits per heavy atom. The number of para-hydroxylation sites is 1. The summed E-state index contributed by atoms with van der Waals surface area (Å²) in [5.74, 6) is 0.881. The van der Waals surface area contributed by atoms with Crippen LogP contribution in [0.2, 0.25) is 0 Å². The van der Waals surface area contributed by atoms with Gasteiger partial charge in [-0.3, -0.25) is 4.79 Å². The average Bonchev–Trinajstić information content (AvgIpc) is 2.62. The Bertz CT molecular complexity index is 469. The van der Waals surface area contributed by atoms with Gasteiger partial charge in [-0.1, -0.05) is 24.8 Å². The van der Waals surface area contributed by atoms with Crippen LogP contribution in [0.1, 0.15) is 18.4 Å². The zero-order valence-corrected chi connectivity index (χ0v) is 9.32. The van der Waals surface area contributed by atoms with Crippen molar-refractivity contribution in [3.8, 4) is 5.75 Å². The number of rotatable bonds is 2. The van der Waals surface area contributed by atoms with Gasteiger partial charge in [0.1, 0.15) is 5.75 Å². The lowest BCUT2D eigenvalue weighted by molar-refractivity contribution is -0.111. The molecule has 1 saturated carbocycles. The summed E-state index contributed by atoms with van der Waals surface area (Å²) in [6.45, 7) is 3.75. The first kappa shape index (κ1) is 10.7. The highest BCUT2D eigenvalue weighted by Crippen LogP contribution is 2.29. The monoisotopic (exact) mass is 214 g/mol. The molecule has 0 N–H and O–H groups in total. The highest BCUT2D eigenvalue weighted by Gasteiger charge is 2.21. The number of hydrogen-bond donors (Lipinski definition) is 0. The van der Waals surface area contributed by atoms with Crippen molar-refractivity contribution in [3.05, 3.63) is 47.6 Å². The van der Waals surface area contributed by atoms with Gasteiger partial charge in [-0.05, 0) is 30.6 Å². The molecule has 1 fully saturated rings. The van der Waals surface area contributed by atoms with Gasteiger partial charge in [0.2, 0.25) is 0 Å². The van der Waals surface area contributed by atoms with E-state index in [0.29, 0.717) is 5.57 Å². The predicted molar refractivity (Wildman–Crippen MR) is 64.4 cm³/mol. The molecule has 0 unspecified atom stereocenters. The summed E-state index contributed by atoms with van der Waals surface area (Å²) in [5.41, 5.74) is 2.48. The van der Waals surface area contributed by atoms with Crippen molar-refractivity contribution in [1.29, 1.82) is 0 Å². The third-order valence-electron chi connectivity index (χ3n) is 2.78. The molecule has 0 spiro atoms. The molecule has 0 amide bonds. The van der Waals surface area contributed by atoms with Crippen molar-refractivity contribution < 1.29 is 9.53 Å². The van der Waals surface area contributed by atoms with Gasteiger partial charge in [0.15, 0.2) is 5.78 Å². The largest absolute Gasteiger partial charge is 0.496 e. The fraction of sp³-hybridized carbons (Fsp3) is 0.214. The van der Waals surface area contributed by atoms with Gasteiger partial charge in [0.05, 0.1) is 7.11 Å². The van der Waals surface area contributed by atoms with Crippen LogP contribution in [0.25, 0.3) is 6.08 Å². The molecule has 0 aromatic heterocycles. The van der Waals surface area contributed by atoms with E-state index in [1.54, 1.807) is 7.11 Å². The molecule has 16 heavy (non-hydrogen) atoms. The zero-order valence-electron chi connectivity index (χ0n) is 9.32. The number of carbonyl (C=O) groups excluding carboxylic acids is 1. The summed E-state index contributed by atoms with van der Waals surface area (Å²) >= 11 is 0. The van der Waals surface area contributed by atoms with E-state index in [9.17, 15) is 4.79 Å². The van der Waals surface area contributed by atoms with E-state index in [0.717, 1.165) is 29.7 Å². The quantitative estimate of drug-likeness (QED) is 0.707. The molecule has 0 radical (unpaired) electrons. The lowest BCUT2D eigenvalue weighted by Gasteiger charge is -2.04. The molecule has 0 saturated heterocycles. The molecule has 0 aliphatic heterocycles. The second-order valence-electron chi connectivity index (χ2n) is 3.84. The third kappa shape index (κ3) is 1.91. The van der Waals surface area contributed by atoms with Gasteiger partial charge in [-0.25, -0.2) is 0 Å². The number of hydrogen-bond acceptors (Lipinski definition) is 2. The average molecular weight is 214 g/mol. The first-order chi connectivity index (χ1) is 7.72. The van der Waals surface area contributed by atoms with Crippen molar-refractivity contribution in [1.82, 2.24) is 0 Å². The molecule has 1 aromatic rings. The normalized spacial score (nSPS) is 18.2. The Morgan fingerprint density at radius 2 is 2.06 bits per heavy atom. The maximum absolute atomic E-state index is 11.7. The number of allylic oxidation sites excluding steroid dienone is 2. The minimum atomic E-state index is 0.0888. The summed E-state index contributed by atoms with van der Waals surface area (Å²) < 4.78 is 5.24. The Kier molecular flexibility index (Phi) is 2.91. The maximum atomic E-state index is 11.7. The minimum Gasteiger partial charge on any atom is -0.496 e. The summed E-state index contributed by atoms with van der Waals surface area (Å²) in [6, 6.07) is 7.68. The van der Waals surface area contributed by atoms with Crippen LogP contribution >= 0.6 is 0 Å². The fourth-order valence-electron chi connectivity index (χ4n) is 1.85. The second kappa shape index (κ2) is 4.35. The summed E-state index contributed by atoms with van der Waals surface area (Å²) in [5, 5.41) is 0. The van der Waals surface area contributed by atoms with Crippen molar-refractivity contribution >= 4 is 11.9 Å². The van der Waals surface area contributed by atoms with Gasteiger partial charge in [-0.15, -0.1) is 0 Å². The molecule has 82 valence electrons. The van der Waals surface area contributed by atoms with Gasteiger partial charge in [0, 0.05) is 11.1 Å². The van der Waals surface area contributed by atoms with E-state index in [1.807, 2.05) is 30.3 Å². The highest BCUT2D eigenvalue weighted by atomic mass is 16.5. The topological polar surface area (TPSA) is 26.3 Å². The lowest BCUT2D eigenvalue weighted by atomic mass is 10.1. The first-order valence-electron chi connectivity index (χ1n) is 5.28. The van der Waals surface area contributed by atoms with Crippen LogP contribution in [0.15, 0.2) is 42.0 Å². The molecule has 0 atom stereocenters. The van der Waals surface area contributed by atoms with Crippen LogP contribution in [0, 0.1) is 0 Å². The lowest BCUT2D eigenvalue weighted by Crippen LogP contribution is -1.94. The van der Waals surface area contributed by atoms with Crippen LogP contribution < -0.4 is 4.74 Å². The van der Waals surface area contributed by atoms with E-state index in [4.69, 9.17) is 4.74 Å². The molecule has 1 aromatic carbocycles. The maximum Gasteiger partial charge on any atom is 0.184 e. The number of methoxy groups -OCH3 is 1. The van der Waals surface area contributed by atoms with Crippen LogP contribution in [0.3, 0.4) is 0 Å². The molecular weight excluding hydrogens is 200 g/mol. The molecule has 2 rings (SSSR count). The molecular formula is C14H14O2. The Hall–Kier alpha value is -1.83. The van der Waals surface area contributed by atoms with Crippen LogP contribution in [0.4, 0.5) is 0 Å².